The Morgan fingerprint density at radius 2 is 1.83 bits per heavy atom. The number of para-hydroxylation sites is 1. The molecule has 0 aliphatic rings. The Morgan fingerprint density at radius 3 is 2.43 bits per heavy atom. The summed E-state index contributed by atoms with van der Waals surface area (Å²) in [6, 6.07) is 14.3. The van der Waals surface area contributed by atoms with Gasteiger partial charge in [-0.05, 0) is 61.7 Å². The highest BCUT2D eigenvalue weighted by Gasteiger charge is 2.23. The molecule has 184 valence electrons. The van der Waals surface area contributed by atoms with Crippen LogP contribution in [0.1, 0.15) is 54.0 Å². The van der Waals surface area contributed by atoms with Gasteiger partial charge in [0.15, 0.2) is 15.0 Å². The molecule has 7 nitrogen and oxygen atoms in total. The van der Waals surface area contributed by atoms with Crippen LogP contribution in [0, 0.1) is 13.8 Å². The zero-order chi connectivity index (χ0) is 25.3. The molecule has 0 saturated carbocycles. The number of sulfone groups is 1. The second-order valence-electron chi connectivity index (χ2n) is 8.88. The number of anilines is 1. The number of aryl methyl sites for hydroxylation is 2. The van der Waals surface area contributed by atoms with Crippen LogP contribution in [0.2, 0.25) is 0 Å². The predicted molar refractivity (Wildman–Crippen MR) is 141 cm³/mol. The highest BCUT2D eigenvalue weighted by atomic mass is 32.2. The van der Waals surface area contributed by atoms with Crippen LogP contribution in [0.15, 0.2) is 53.4 Å². The van der Waals surface area contributed by atoms with Crippen molar-refractivity contribution in [3.63, 3.8) is 0 Å². The number of carbonyl (C=O) groups is 1. The lowest BCUT2D eigenvalue weighted by Crippen LogP contribution is -2.34. The van der Waals surface area contributed by atoms with Gasteiger partial charge in [-0.25, -0.2) is 13.4 Å². The highest BCUT2D eigenvalue weighted by molar-refractivity contribution is 7.91. The Kier molecular flexibility index (Phi) is 7.10. The van der Waals surface area contributed by atoms with E-state index in [-0.39, 0.29) is 16.6 Å². The van der Waals surface area contributed by atoms with Crippen molar-refractivity contribution in [3.05, 3.63) is 71.0 Å². The van der Waals surface area contributed by atoms with E-state index < -0.39 is 9.84 Å². The SMILES string of the molecule is CCS(=O)(=O)c1ccc(C(=O)N(CCn2nc(C)cc2C)c2nc3c(C(C)C)cccc3s2)cc1. The van der Waals surface area contributed by atoms with Crippen molar-refractivity contribution >= 4 is 42.4 Å². The molecule has 0 atom stereocenters. The average Bonchev–Trinajstić information content (AvgIpc) is 3.40. The number of thiazole rings is 1. The summed E-state index contributed by atoms with van der Waals surface area (Å²) >= 11 is 1.48. The Hall–Kier alpha value is -3.04. The molecule has 0 aliphatic heterocycles. The van der Waals surface area contributed by atoms with Crippen LogP contribution in [-0.2, 0) is 16.4 Å². The molecular weight excluding hydrogens is 480 g/mol. The monoisotopic (exact) mass is 510 g/mol. The minimum absolute atomic E-state index is 0.0128. The topological polar surface area (TPSA) is 85.2 Å². The van der Waals surface area contributed by atoms with Crippen LogP contribution in [-0.4, -0.2) is 41.4 Å². The lowest BCUT2D eigenvalue weighted by Gasteiger charge is -2.20. The van der Waals surface area contributed by atoms with Gasteiger partial charge in [0.1, 0.15) is 0 Å². The Morgan fingerprint density at radius 1 is 1.11 bits per heavy atom. The van der Waals surface area contributed by atoms with E-state index in [9.17, 15) is 13.2 Å². The Labute approximate surface area is 210 Å². The molecule has 1 amide bonds. The van der Waals surface area contributed by atoms with Gasteiger partial charge in [0.2, 0.25) is 0 Å². The zero-order valence-corrected chi connectivity index (χ0v) is 22.3. The van der Waals surface area contributed by atoms with Crippen LogP contribution in [0.5, 0.6) is 0 Å². The minimum Gasteiger partial charge on any atom is -0.282 e. The van der Waals surface area contributed by atoms with Gasteiger partial charge in [0, 0.05) is 17.8 Å². The standard InChI is InChI=1S/C26H30N4O3S2/c1-6-35(32,33)21-12-10-20(11-13-21)25(31)29(14-15-30-19(5)16-18(4)28-30)26-27-24-22(17(2)3)8-7-9-23(24)34-26/h7-13,16-17H,6,14-15H2,1-5H3. The van der Waals surface area contributed by atoms with Crippen molar-refractivity contribution in [1.82, 2.24) is 14.8 Å². The lowest BCUT2D eigenvalue weighted by atomic mass is 10.0. The molecule has 35 heavy (non-hydrogen) atoms. The molecule has 0 aliphatic carbocycles. The number of amides is 1. The quantitative estimate of drug-likeness (QED) is 0.318. The van der Waals surface area contributed by atoms with E-state index in [1.165, 1.54) is 23.5 Å². The van der Waals surface area contributed by atoms with Gasteiger partial charge in [-0.2, -0.15) is 5.10 Å². The van der Waals surface area contributed by atoms with Crippen LogP contribution < -0.4 is 4.90 Å². The van der Waals surface area contributed by atoms with Gasteiger partial charge in [-0.3, -0.25) is 14.4 Å². The van der Waals surface area contributed by atoms with Crippen molar-refractivity contribution < 1.29 is 13.2 Å². The van der Waals surface area contributed by atoms with Crippen LogP contribution in [0.3, 0.4) is 0 Å². The number of hydrogen-bond donors (Lipinski definition) is 0. The van der Waals surface area contributed by atoms with Crippen LogP contribution in [0.4, 0.5) is 5.13 Å². The maximum atomic E-state index is 13.7. The van der Waals surface area contributed by atoms with Crippen LogP contribution >= 0.6 is 11.3 Å². The third-order valence-electron chi connectivity index (χ3n) is 6.02. The van der Waals surface area contributed by atoms with Gasteiger partial charge in [-0.1, -0.05) is 44.2 Å². The summed E-state index contributed by atoms with van der Waals surface area (Å²) in [5, 5.41) is 5.15. The number of aromatic nitrogens is 3. The fraction of sp³-hybridized carbons (Fsp3) is 0.346. The third kappa shape index (κ3) is 5.16. The number of benzene rings is 2. The number of rotatable bonds is 8. The Balaban J connectivity index is 1.73. The molecule has 2 aromatic heterocycles. The number of carbonyl (C=O) groups excluding carboxylic acids is 1. The van der Waals surface area contributed by atoms with E-state index in [0.29, 0.717) is 29.7 Å². The van der Waals surface area contributed by atoms with Crippen molar-refractivity contribution in [2.45, 2.75) is 52.0 Å². The first-order chi connectivity index (χ1) is 16.6. The van der Waals surface area contributed by atoms with Crippen molar-refractivity contribution in [1.29, 1.82) is 0 Å². The first kappa shape index (κ1) is 25.1. The molecule has 0 radical (unpaired) electrons. The van der Waals surface area contributed by atoms with E-state index in [4.69, 9.17) is 4.98 Å². The van der Waals surface area contributed by atoms with Crippen molar-refractivity contribution in [2.24, 2.45) is 0 Å². The van der Waals surface area contributed by atoms with E-state index >= 15 is 0 Å². The maximum Gasteiger partial charge on any atom is 0.260 e. The molecule has 0 fully saturated rings. The maximum absolute atomic E-state index is 13.7. The van der Waals surface area contributed by atoms with E-state index in [0.717, 1.165) is 27.2 Å². The zero-order valence-electron chi connectivity index (χ0n) is 20.6. The van der Waals surface area contributed by atoms with E-state index in [1.807, 2.05) is 36.7 Å². The average molecular weight is 511 g/mol. The third-order valence-corrected chi connectivity index (χ3v) is 8.81. The lowest BCUT2D eigenvalue weighted by molar-refractivity contribution is 0.0985. The number of nitrogens with zero attached hydrogens (tertiary/aromatic N) is 4. The smallest absolute Gasteiger partial charge is 0.260 e. The van der Waals surface area contributed by atoms with E-state index in [1.54, 1.807) is 24.0 Å². The summed E-state index contributed by atoms with van der Waals surface area (Å²) < 4.78 is 27.3. The molecule has 0 bridgehead atoms. The van der Waals surface area contributed by atoms with Gasteiger partial charge < -0.3 is 0 Å². The molecule has 2 aromatic carbocycles. The van der Waals surface area contributed by atoms with Gasteiger partial charge in [0.25, 0.3) is 5.91 Å². The molecule has 4 rings (SSSR count). The fourth-order valence-electron chi connectivity index (χ4n) is 4.05. The molecule has 0 spiro atoms. The van der Waals surface area contributed by atoms with Gasteiger partial charge >= 0.3 is 0 Å². The highest BCUT2D eigenvalue weighted by Crippen LogP contribution is 2.34. The fourth-order valence-corrected chi connectivity index (χ4v) is 5.96. The molecule has 2 heterocycles. The Bertz CT molecular complexity index is 1470. The van der Waals surface area contributed by atoms with Crippen molar-refractivity contribution in [2.75, 3.05) is 17.2 Å². The van der Waals surface area contributed by atoms with Gasteiger partial charge in [0.05, 0.1) is 33.1 Å². The number of hydrogen-bond acceptors (Lipinski definition) is 6. The molecule has 4 aromatic rings. The minimum atomic E-state index is -3.34. The summed E-state index contributed by atoms with van der Waals surface area (Å²) in [6.07, 6.45) is 0. The predicted octanol–water partition coefficient (Wildman–Crippen LogP) is 5.37. The summed E-state index contributed by atoms with van der Waals surface area (Å²) in [5.41, 5.74) is 4.42. The summed E-state index contributed by atoms with van der Waals surface area (Å²) in [7, 11) is -3.34. The molecular formula is C26H30N4O3S2. The summed E-state index contributed by atoms with van der Waals surface area (Å²) in [6.45, 7) is 10.7. The molecule has 0 saturated heterocycles. The second-order valence-corrected chi connectivity index (χ2v) is 12.2. The normalized spacial score (nSPS) is 11.9. The summed E-state index contributed by atoms with van der Waals surface area (Å²) in [4.78, 5) is 20.5. The first-order valence-electron chi connectivity index (χ1n) is 11.7. The largest absolute Gasteiger partial charge is 0.282 e. The molecule has 0 N–H and O–H groups in total. The first-order valence-corrected chi connectivity index (χ1v) is 14.1. The van der Waals surface area contributed by atoms with Crippen LogP contribution in [0.25, 0.3) is 10.2 Å². The molecule has 0 unspecified atom stereocenters. The molecule has 9 heteroatoms. The van der Waals surface area contributed by atoms with E-state index in [2.05, 4.69) is 25.0 Å². The van der Waals surface area contributed by atoms with Crippen molar-refractivity contribution in [3.8, 4) is 0 Å². The second kappa shape index (κ2) is 9.91. The number of fused-ring (bicyclic) bond motifs is 1. The summed E-state index contributed by atoms with van der Waals surface area (Å²) in [5.74, 6) is 0.0940. The van der Waals surface area contributed by atoms with Gasteiger partial charge in [-0.15, -0.1) is 0 Å².